The second-order valence-electron chi connectivity index (χ2n) is 3.66. The van der Waals surface area contributed by atoms with Gasteiger partial charge in [0, 0.05) is 6.54 Å². The van der Waals surface area contributed by atoms with Crippen LogP contribution in [0.25, 0.3) is 0 Å². The number of aryl methyl sites for hydroxylation is 1. The summed E-state index contributed by atoms with van der Waals surface area (Å²) in [6.45, 7) is 4.63. The van der Waals surface area contributed by atoms with Gasteiger partial charge in [0.15, 0.2) is 0 Å². The van der Waals surface area contributed by atoms with E-state index in [1.54, 1.807) is 0 Å². The lowest BCUT2D eigenvalue weighted by atomic mass is 10.2. The Morgan fingerprint density at radius 3 is 2.83 bits per heavy atom. The molecule has 0 aliphatic rings. The van der Waals surface area contributed by atoms with Gasteiger partial charge in [0.2, 0.25) is 11.2 Å². The Kier molecular flexibility index (Phi) is 3.94. The Hall–Kier alpha value is -1.88. The van der Waals surface area contributed by atoms with Gasteiger partial charge in [-0.15, -0.1) is 0 Å². The molecule has 0 aliphatic heterocycles. The van der Waals surface area contributed by atoms with Gasteiger partial charge in [0.05, 0.1) is 0 Å². The molecule has 0 spiro atoms. The van der Waals surface area contributed by atoms with E-state index in [2.05, 4.69) is 20.3 Å². The lowest BCUT2D eigenvalue weighted by molar-refractivity contribution is 0.440. The maximum absolute atomic E-state index is 5.80. The smallest absolute Gasteiger partial charge is 0.328 e. The van der Waals surface area contributed by atoms with E-state index in [9.17, 15) is 0 Å². The van der Waals surface area contributed by atoms with Crippen molar-refractivity contribution in [1.29, 1.82) is 0 Å². The lowest BCUT2D eigenvalue weighted by Crippen LogP contribution is -2.04. The second-order valence-corrected chi connectivity index (χ2v) is 4.00. The van der Waals surface area contributed by atoms with Crippen LogP contribution in [0.5, 0.6) is 11.8 Å². The zero-order valence-corrected chi connectivity index (χ0v) is 10.9. The summed E-state index contributed by atoms with van der Waals surface area (Å²) in [5.41, 5.74) is 1.10. The monoisotopic (exact) mass is 264 g/mol. The number of hydrogen-bond donors (Lipinski definition) is 1. The third kappa shape index (κ3) is 3.30. The number of anilines is 1. The zero-order chi connectivity index (χ0) is 13.0. The summed E-state index contributed by atoms with van der Waals surface area (Å²) in [6.07, 6.45) is 0. The molecule has 0 amide bonds. The summed E-state index contributed by atoms with van der Waals surface area (Å²) < 4.78 is 5.54. The number of halogens is 1. The van der Waals surface area contributed by atoms with Crippen LogP contribution < -0.4 is 10.1 Å². The molecule has 5 nitrogen and oxygen atoms in total. The zero-order valence-electron chi connectivity index (χ0n) is 10.1. The number of ether oxygens (including phenoxy) is 1. The van der Waals surface area contributed by atoms with Crippen LogP contribution in [-0.4, -0.2) is 21.5 Å². The molecule has 1 aromatic carbocycles. The van der Waals surface area contributed by atoms with E-state index >= 15 is 0 Å². The van der Waals surface area contributed by atoms with Crippen molar-refractivity contribution in [1.82, 2.24) is 15.0 Å². The van der Waals surface area contributed by atoms with Crippen LogP contribution in [0, 0.1) is 6.92 Å². The van der Waals surface area contributed by atoms with E-state index in [0.29, 0.717) is 18.2 Å². The highest BCUT2D eigenvalue weighted by molar-refractivity contribution is 6.28. The van der Waals surface area contributed by atoms with E-state index in [0.717, 1.165) is 5.56 Å². The van der Waals surface area contributed by atoms with Gasteiger partial charge in [0.1, 0.15) is 5.75 Å². The van der Waals surface area contributed by atoms with E-state index < -0.39 is 0 Å². The number of benzene rings is 1. The third-order valence-corrected chi connectivity index (χ3v) is 2.29. The van der Waals surface area contributed by atoms with Crippen LogP contribution in [-0.2, 0) is 0 Å². The first kappa shape index (κ1) is 12.6. The number of rotatable bonds is 4. The number of aromatic nitrogens is 3. The van der Waals surface area contributed by atoms with E-state index in [-0.39, 0.29) is 11.3 Å². The molecule has 1 N–H and O–H groups in total. The predicted octanol–water partition coefficient (Wildman–Crippen LogP) is 3.06. The minimum atomic E-state index is 0.101. The van der Waals surface area contributed by atoms with Crippen molar-refractivity contribution in [3.8, 4) is 11.8 Å². The van der Waals surface area contributed by atoms with Crippen molar-refractivity contribution >= 4 is 17.5 Å². The first-order valence-electron chi connectivity index (χ1n) is 5.57. The fourth-order valence-corrected chi connectivity index (χ4v) is 1.55. The summed E-state index contributed by atoms with van der Waals surface area (Å²) in [5.74, 6) is 1.07. The van der Waals surface area contributed by atoms with Crippen LogP contribution in [0.1, 0.15) is 12.5 Å². The lowest BCUT2D eigenvalue weighted by Gasteiger charge is -2.06. The highest BCUT2D eigenvalue weighted by Gasteiger charge is 2.06. The standard InChI is InChI=1S/C12H13ClN4O/c1-3-14-11-15-10(13)16-12(17-11)18-9-6-4-5-8(2)7-9/h4-7H,3H2,1-2H3,(H,14,15,16,17). The van der Waals surface area contributed by atoms with Gasteiger partial charge in [-0.3, -0.25) is 0 Å². The van der Waals surface area contributed by atoms with E-state index in [1.807, 2.05) is 38.1 Å². The van der Waals surface area contributed by atoms with E-state index in [1.165, 1.54) is 0 Å². The van der Waals surface area contributed by atoms with Crippen molar-refractivity contribution in [2.24, 2.45) is 0 Å². The third-order valence-electron chi connectivity index (χ3n) is 2.12. The minimum absolute atomic E-state index is 0.101. The van der Waals surface area contributed by atoms with Crippen LogP contribution >= 0.6 is 11.6 Å². The largest absolute Gasteiger partial charge is 0.424 e. The highest BCUT2D eigenvalue weighted by atomic mass is 35.5. The normalized spacial score (nSPS) is 10.2. The molecule has 0 atom stereocenters. The van der Waals surface area contributed by atoms with Crippen molar-refractivity contribution in [3.05, 3.63) is 35.1 Å². The molecule has 94 valence electrons. The molecule has 2 aromatic rings. The summed E-state index contributed by atoms with van der Waals surface area (Å²) in [5, 5.41) is 3.06. The van der Waals surface area contributed by atoms with Crippen LogP contribution in [0.3, 0.4) is 0 Å². The molecule has 0 radical (unpaired) electrons. The maximum Gasteiger partial charge on any atom is 0.328 e. The summed E-state index contributed by atoms with van der Waals surface area (Å²) in [4.78, 5) is 12.0. The number of nitrogens with one attached hydrogen (secondary N) is 1. The molecule has 2 rings (SSSR count). The summed E-state index contributed by atoms with van der Waals surface area (Å²) in [6, 6.07) is 7.79. The molecular formula is C12H13ClN4O. The van der Waals surface area contributed by atoms with Crippen LogP contribution in [0.2, 0.25) is 5.28 Å². The van der Waals surface area contributed by atoms with Crippen molar-refractivity contribution < 1.29 is 4.74 Å². The molecule has 0 saturated carbocycles. The molecular weight excluding hydrogens is 252 g/mol. The molecule has 0 bridgehead atoms. The molecule has 0 saturated heterocycles. The van der Waals surface area contributed by atoms with Crippen LogP contribution in [0.4, 0.5) is 5.95 Å². The Bertz CT molecular complexity index is 547. The van der Waals surface area contributed by atoms with Crippen molar-refractivity contribution in [3.63, 3.8) is 0 Å². The van der Waals surface area contributed by atoms with Gasteiger partial charge in [0.25, 0.3) is 0 Å². The Morgan fingerprint density at radius 1 is 1.28 bits per heavy atom. The average Bonchev–Trinajstić information content (AvgIpc) is 2.28. The van der Waals surface area contributed by atoms with Gasteiger partial charge in [-0.1, -0.05) is 12.1 Å². The number of hydrogen-bond acceptors (Lipinski definition) is 5. The Labute approximate surface area is 110 Å². The predicted molar refractivity (Wildman–Crippen MR) is 70.3 cm³/mol. The average molecular weight is 265 g/mol. The topological polar surface area (TPSA) is 59.9 Å². The summed E-state index contributed by atoms with van der Waals surface area (Å²) >= 11 is 5.80. The minimum Gasteiger partial charge on any atom is -0.424 e. The fraction of sp³-hybridized carbons (Fsp3) is 0.250. The molecule has 0 unspecified atom stereocenters. The quantitative estimate of drug-likeness (QED) is 0.920. The number of nitrogens with zero attached hydrogens (tertiary/aromatic N) is 3. The molecule has 1 aromatic heterocycles. The Morgan fingerprint density at radius 2 is 2.11 bits per heavy atom. The highest BCUT2D eigenvalue weighted by Crippen LogP contribution is 2.20. The first-order chi connectivity index (χ1) is 8.67. The van der Waals surface area contributed by atoms with Gasteiger partial charge in [-0.2, -0.15) is 15.0 Å². The molecule has 6 heteroatoms. The summed E-state index contributed by atoms with van der Waals surface area (Å²) in [7, 11) is 0. The Balaban J connectivity index is 2.23. The van der Waals surface area contributed by atoms with E-state index in [4.69, 9.17) is 16.3 Å². The maximum atomic E-state index is 5.80. The van der Waals surface area contributed by atoms with Gasteiger partial charge in [-0.05, 0) is 43.1 Å². The first-order valence-corrected chi connectivity index (χ1v) is 5.95. The molecule has 0 aliphatic carbocycles. The van der Waals surface area contributed by atoms with Gasteiger partial charge < -0.3 is 10.1 Å². The second kappa shape index (κ2) is 5.64. The van der Waals surface area contributed by atoms with Gasteiger partial charge in [-0.25, -0.2) is 0 Å². The van der Waals surface area contributed by atoms with Crippen molar-refractivity contribution in [2.75, 3.05) is 11.9 Å². The van der Waals surface area contributed by atoms with Gasteiger partial charge >= 0.3 is 6.01 Å². The molecule has 0 fully saturated rings. The van der Waals surface area contributed by atoms with Crippen LogP contribution in [0.15, 0.2) is 24.3 Å². The molecule has 18 heavy (non-hydrogen) atoms. The van der Waals surface area contributed by atoms with Crippen molar-refractivity contribution in [2.45, 2.75) is 13.8 Å². The fourth-order valence-electron chi connectivity index (χ4n) is 1.40. The SMILES string of the molecule is CCNc1nc(Cl)nc(Oc2cccc(C)c2)n1. The molecule has 1 heterocycles.